The van der Waals surface area contributed by atoms with Crippen molar-refractivity contribution in [2.45, 2.75) is 18.9 Å². The Hall–Kier alpha value is -3.65. The van der Waals surface area contributed by atoms with Gasteiger partial charge in [-0.05, 0) is 47.4 Å². The monoisotopic (exact) mass is 508 g/mol. The van der Waals surface area contributed by atoms with Crippen molar-refractivity contribution in [3.8, 4) is 11.1 Å². The maximum Gasteiger partial charge on any atom is 0.407 e. The highest BCUT2D eigenvalue weighted by atomic mass is 79.9. The molecule has 0 spiro atoms. The number of hydrogen-bond acceptors (Lipinski definition) is 4. The second-order valence-electron chi connectivity index (χ2n) is 7.71. The van der Waals surface area contributed by atoms with E-state index >= 15 is 0 Å². The summed E-state index contributed by atoms with van der Waals surface area (Å²) in [6, 6.07) is 19.5. The van der Waals surface area contributed by atoms with Gasteiger partial charge in [0.1, 0.15) is 12.6 Å². The summed E-state index contributed by atoms with van der Waals surface area (Å²) in [6.45, 7) is 1.66. The minimum absolute atomic E-state index is 0.0248. The molecule has 33 heavy (non-hydrogen) atoms. The van der Waals surface area contributed by atoms with Gasteiger partial charge in [0.15, 0.2) is 0 Å². The predicted molar refractivity (Wildman–Crippen MR) is 127 cm³/mol. The summed E-state index contributed by atoms with van der Waals surface area (Å²) < 4.78 is 5.97. The Morgan fingerprint density at radius 1 is 1.00 bits per heavy atom. The number of hydrogen-bond donors (Lipinski definition) is 3. The molecule has 1 atom stereocenters. The highest BCUT2D eigenvalue weighted by Crippen LogP contribution is 2.44. The van der Waals surface area contributed by atoms with Gasteiger partial charge in [0, 0.05) is 16.1 Å². The van der Waals surface area contributed by atoms with E-state index in [-0.39, 0.29) is 18.1 Å². The SMILES string of the molecule is C[C@@H](NC(=O)OCC1c2ccccc2-c2ccccc21)C(=O)Nc1cc(Br)cc(C(=O)O)c1. The van der Waals surface area contributed by atoms with Crippen LogP contribution >= 0.6 is 15.9 Å². The molecule has 0 fully saturated rings. The standard InChI is InChI=1S/C25H21BrN2O5/c1-14(23(29)28-17-11-15(24(30)31)10-16(26)12-17)27-25(32)33-13-22-20-8-4-2-6-18(20)19-7-3-5-9-21(19)22/h2-12,14,22H,13H2,1H3,(H,27,32)(H,28,29)(H,30,31)/t14-/m1/s1. The number of carboxylic acid groups (broad SMARTS) is 1. The van der Waals surface area contributed by atoms with E-state index in [0.717, 1.165) is 22.3 Å². The quantitative estimate of drug-likeness (QED) is 0.433. The first-order valence-electron chi connectivity index (χ1n) is 10.3. The fourth-order valence-corrected chi connectivity index (χ4v) is 4.41. The molecule has 0 saturated heterocycles. The number of nitrogens with one attached hydrogen (secondary N) is 2. The topological polar surface area (TPSA) is 105 Å². The zero-order valence-corrected chi connectivity index (χ0v) is 19.3. The molecular formula is C25H21BrN2O5. The highest BCUT2D eigenvalue weighted by molar-refractivity contribution is 9.10. The van der Waals surface area contributed by atoms with Crippen molar-refractivity contribution in [1.29, 1.82) is 0 Å². The van der Waals surface area contributed by atoms with Gasteiger partial charge in [0.25, 0.3) is 0 Å². The maximum atomic E-state index is 12.5. The Morgan fingerprint density at radius 2 is 1.61 bits per heavy atom. The van der Waals surface area contributed by atoms with Crippen LogP contribution in [0.5, 0.6) is 0 Å². The lowest BCUT2D eigenvalue weighted by molar-refractivity contribution is -0.117. The van der Waals surface area contributed by atoms with E-state index in [4.69, 9.17) is 9.84 Å². The number of alkyl carbamates (subject to hydrolysis) is 1. The number of carbonyl (C=O) groups excluding carboxylic acids is 2. The van der Waals surface area contributed by atoms with Crippen molar-refractivity contribution >= 4 is 39.6 Å². The minimum atomic E-state index is -1.11. The summed E-state index contributed by atoms with van der Waals surface area (Å²) in [5.41, 5.74) is 4.78. The third-order valence-corrected chi connectivity index (χ3v) is 5.94. The molecule has 0 saturated carbocycles. The Kier molecular flexibility index (Phi) is 6.46. The number of aromatic carboxylic acids is 1. The second-order valence-corrected chi connectivity index (χ2v) is 8.63. The van der Waals surface area contributed by atoms with Gasteiger partial charge >= 0.3 is 12.1 Å². The molecule has 0 aliphatic heterocycles. The summed E-state index contributed by atoms with van der Waals surface area (Å²) >= 11 is 3.22. The molecule has 168 valence electrons. The van der Waals surface area contributed by atoms with Crippen LogP contribution in [0, 0.1) is 0 Å². The number of amides is 2. The van der Waals surface area contributed by atoms with Crippen molar-refractivity contribution in [2.24, 2.45) is 0 Å². The molecule has 7 nitrogen and oxygen atoms in total. The number of carboxylic acids is 1. The molecule has 2 amide bonds. The van der Waals surface area contributed by atoms with E-state index in [1.165, 1.54) is 19.1 Å². The van der Waals surface area contributed by atoms with E-state index in [2.05, 4.69) is 38.7 Å². The Balaban J connectivity index is 1.37. The van der Waals surface area contributed by atoms with Crippen molar-refractivity contribution in [2.75, 3.05) is 11.9 Å². The molecule has 3 N–H and O–H groups in total. The average Bonchev–Trinajstić information content (AvgIpc) is 3.11. The molecule has 3 aromatic carbocycles. The van der Waals surface area contributed by atoms with Gasteiger partial charge in [0.2, 0.25) is 5.91 Å². The van der Waals surface area contributed by atoms with E-state index in [1.54, 1.807) is 6.07 Å². The number of fused-ring (bicyclic) bond motifs is 3. The van der Waals surface area contributed by atoms with Crippen LogP contribution in [-0.4, -0.2) is 35.7 Å². The first-order chi connectivity index (χ1) is 15.8. The van der Waals surface area contributed by atoms with Gasteiger partial charge in [0.05, 0.1) is 5.56 Å². The number of benzene rings is 3. The first-order valence-corrected chi connectivity index (χ1v) is 11.1. The average molecular weight is 509 g/mol. The van der Waals surface area contributed by atoms with Crippen LogP contribution in [0.4, 0.5) is 10.5 Å². The highest BCUT2D eigenvalue weighted by Gasteiger charge is 2.29. The molecule has 0 heterocycles. The van der Waals surface area contributed by atoms with Gasteiger partial charge in [-0.1, -0.05) is 64.5 Å². The van der Waals surface area contributed by atoms with E-state index in [0.29, 0.717) is 10.2 Å². The Bertz CT molecular complexity index is 1200. The summed E-state index contributed by atoms with van der Waals surface area (Å²) in [5.74, 6) is -1.70. The third kappa shape index (κ3) is 4.90. The predicted octanol–water partition coefficient (Wildman–Crippen LogP) is 5.01. The van der Waals surface area contributed by atoms with Gasteiger partial charge < -0.3 is 20.5 Å². The van der Waals surface area contributed by atoms with Crippen molar-refractivity contribution in [1.82, 2.24) is 5.32 Å². The maximum absolute atomic E-state index is 12.5. The van der Waals surface area contributed by atoms with E-state index < -0.39 is 24.0 Å². The first kappa shape index (κ1) is 22.5. The lowest BCUT2D eigenvalue weighted by Gasteiger charge is -2.17. The van der Waals surface area contributed by atoms with Crippen LogP contribution in [0.25, 0.3) is 11.1 Å². The van der Waals surface area contributed by atoms with Gasteiger partial charge in [-0.2, -0.15) is 0 Å². The fraction of sp³-hybridized carbons (Fsp3) is 0.160. The summed E-state index contributed by atoms with van der Waals surface area (Å²) in [4.78, 5) is 36.1. The second kappa shape index (κ2) is 9.46. The normalized spacial score (nSPS) is 12.9. The fourth-order valence-electron chi connectivity index (χ4n) is 3.92. The molecule has 0 radical (unpaired) electrons. The minimum Gasteiger partial charge on any atom is -0.478 e. The largest absolute Gasteiger partial charge is 0.478 e. The molecule has 1 aliphatic carbocycles. The van der Waals surface area contributed by atoms with Crippen LogP contribution in [0.2, 0.25) is 0 Å². The molecule has 1 aliphatic rings. The van der Waals surface area contributed by atoms with Crippen LogP contribution in [0.15, 0.2) is 71.2 Å². The Labute approximate surface area is 198 Å². The van der Waals surface area contributed by atoms with Crippen LogP contribution in [-0.2, 0) is 9.53 Å². The third-order valence-electron chi connectivity index (χ3n) is 5.48. The van der Waals surface area contributed by atoms with Crippen molar-refractivity contribution in [3.63, 3.8) is 0 Å². The molecule has 0 aromatic heterocycles. The summed E-state index contributed by atoms with van der Waals surface area (Å²) in [5, 5.41) is 14.3. The lowest BCUT2D eigenvalue weighted by atomic mass is 9.98. The van der Waals surface area contributed by atoms with Crippen LogP contribution in [0.3, 0.4) is 0 Å². The number of halogens is 1. The zero-order valence-electron chi connectivity index (χ0n) is 17.7. The van der Waals surface area contributed by atoms with Gasteiger partial charge in [-0.3, -0.25) is 4.79 Å². The lowest BCUT2D eigenvalue weighted by Crippen LogP contribution is -2.42. The number of anilines is 1. The van der Waals surface area contributed by atoms with Gasteiger partial charge in [-0.25, -0.2) is 9.59 Å². The summed E-state index contributed by atoms with van der Waals surface area (Å²) in [6.07, 6.45) is -0.708. The molecular weight excluding hydrogens is 488 g/mol. The molecule has 3 aromatic rings. The summed E-state index contributed by atoms with van der Waals surface area (Å²) in [7, 11) is 0. The van der Waals surface area contributed by atoms with Gasteiger partial charge in [-0.15, -0.1) is 0 Å². The number of ether oxygens (including phenoxy) is 1. The molecule has 8 heteroatoms. The molecule has 0 bridgehead atoms. The zero-order chi connectivity index (χ0) is 23.5. The van der Waals surface area contributed by atoms with Crippen molar-refractivity contribution < 1.29 is 24.2 Å². The molecule has 0 unspecified atom stereocenters. The van der Waals surface area contributed by atoms with Crippen LogP contribution in [0.1, 0.15) is 34.3 Å². The van der Waals surface area contributed by atoms with Crippen LogP contribution < -0.4 is 10.6 Å². The smallest absolute Gasteiger partial charge is 0.407 e. The van der Waals surface area contributed by atoms with E-state index in [1.807, 2.05) is 36.4 Å². The number of rotatable bonds is 6. The van der Waals surface area contributed by atoms with E-state index in [9.17, 15) is 14.4 Å². The van der Waals surface area contributed by atoms with Crippen molar-refractivity contribution in [3.05, 3.63) is 87.9 Å². The molecule has 4 rings (SSSR count). The Morgan fingerprint density at radius 3 is 2.21 bits per heavy atom. The number of carbonyl (C=O) groups is 3.